The summed E-state index contributed by atoms with van der Waals surface area (Å²) in [5.74, 6) is -1.21. The maximum absolute atomic E-state index is 12.2. The third kappa shape index (κ3) is 3.22. The average molecular weight is 247 g/mol. The van der Waals surface area contributed by atoms with E-state index in [4.69, 9.17) is 11.0 Å². The van der Waals surface area contributed by atoms with Crippen LogP contribution < -0.4 is 10.5 Å². The van der Waals surface area contributed by atoms with Gasteiger partial charge in [0.15, 0.2) is 5.75 Å². The summed E-state index contributed by atoms with van der Waals surface area (Å²) in [4.78, 5) is 3.51. The van der Waals surface area contributed by atoms with E-state index in [1.807, 2.05) is 0 Å². The Bertz CT molecular complexity index is 454. The van der Waals surface area contributed by atoms with Gasteiger partial charge in [0.05, 0.1) is 29.9 Å². The number of aromatic hydroxyl groups is 1. The van der Waals surface area contributed by atoms with Gasteiger partial charge < -0.3 is 15.6 Å². The van der Waals surface area contributed by atoms with Gasteiger partial charge in [-0.25, -0.2) is 0 Å². The van der Waals surface area contributed by atoms with Crippen molar-refractivity contribution in [2.45, 2.75) is 19.3 Å². The second-order valence-electron chi connectivity index (χ2n) is 2.98. The van der Waals surface area contributed by atoms with Gasteiger partial charge in [-0.1, -0.05) is 0 Å². The molecule has 8 heteroatoms. The number of nitrogens with two attached hydrogens (primary N) is 1. The van der Waals surface area contributed by atoms with Crippen LogP contribution in [0.1, 0.15) is 11.3 Å². The summed E-state index contributed by atoms with van der Waals surface area (Å²) < 4.78 is 40.2. The normalized spacial score (nSPS) is 11.0. The molecule has 1 heterocycles. The van der Waals surface area contributed by atoms with Gasteiger partial charge in [0.25, 0.3) is 0 Å². The van der Waals surface area contributed by atoms with Crippen molar-refractivity contribution in [2.75, 3.05) is 0 Å². The van der Waals surface area contributed by atoms with Crippen LogP contribution in [0.5, 0.6) is 11.5 Å². The fraction of sp³-hybridized carbons (Fsp3) is 0.333. The first-order valence-corrected chi connectivity index (χ1v) is 4.41. The van der Waals surface area contributed by atoms with Crippen molar-refractivity contribution in [1.82, 2.24) is 4.98 Å². The molecule has 92 valence electrons. The van der Waals surface area contributed by atoms with Crippen LogP contribution in [0.25, 0.3) is 0 Å². The van der Waals surface area contributed by atoms with Crippen molar-refractivity contribution in [1.29, 1.82) is 5.26 Å². The van der Waals surface area contributed by atoms with Crippen molar-refractivity contribution in [3.63, 3.8) is 0 Å². The van der Waals surface area contributed by atoms with Gasteiger partial charge >= 0.3 is 6.36 Å². The first-order valence-electron chi connectivity index (χ1n) is 4.41. The fourth-order valence-electron chi connectivity index (χ4n) is 1.20. The number of nitrogens with zero attached hydrogens (tertiary/aromatic N) is 2. The van der Waals surface area contributed by atoms with E-state index in [0.29, 0.717) is 0 Å². The number of aromatic nitrogens is 1. The van der Waals surface area contributed by atoms with E-state index >= 15 is 0 Å². The number of alkyl halides is 3. The Morgan fingerprint density at radius 1 is 1.53 bits per heavy atom. The standard InChI is InChI=1S/C9H8F3N3O2/c10-9(11,12)17-8-5(3-14)7(16)4-15-6(8)1-2-13/h4,16H,1,3,14H2. The van der Waals surface area contributed by atoms with Gasteiger partial charge in [0.1, 0.15) is 5.75 Å². The van der Waals surface area contributed by atoms with Crippen LogP contribution in [0.15, 0.2) is 6.20 Å². The molecule has 0 bridgehead atoms. The van der Waals surface area contributed by atoms with Crippen LogP contribution in [0, 0.1) is 11.3 Å². The second kappa shape index (κ2) is 4.88. The lowest BCUT2D eigenvalue weighted by Crippen LogP contribution is -2.20. The molecule has 17 heavy (non-hydrogen) atoms. The lowest BCUT2D eigenvalue weighted by Gasteiger charge is -2.15. The number of halogens is 3. The van der Waals surface area contributed by atoms with Gasteiger partial charge in [0.2, 0.25) is 0 Å². The molecule has 0 saturated carbocycles. The molecule has 0 fully saturated rings. The molecule has 0 spiro atoms. The highest BCUT2D eigenvalue weighted by atomic mass is 19.4. The molecule has 0 amide bonds. The van der Waals surface area contributed by atoms with Crippen molar-refractivity contribution in [3.05, 3.63) is 17.5 Å². The molecule has 5 nitrogen and oxygen atoms in total. The molecule has 0 saturated heterocycles. The van der Waals surface area contributed by atoms with Crippen LogP contribution >= 0.6 is 0 Å². The minimum absolute atomic E-state index is 0.219. The Morgan fingerprint density at radius 3 is 2.65 bits per heavy atom. The number of pyridine rings is 1. The molecule has 1 aromatic rings. The van der Waals surface area contributed by atoms with Gasteiger partial charge in [-0.05, 0) is 0 Å². The first-order chi connectivity index (χ1) is 7.89. The van der Waals surface area contributed by atoms with E-state index in [0.717, 1.165) is 6.20 Å². The summed E-state index contributed by atoms with van der Waals surface area (Å²) in [7, 11) is 0. The largest absolute Gasteiger partial charge is 0.573 e. The maximum atomic E-state index is 12.2. The summed E-state index contributed by atoms with van der Waals surface area (Å²) in [6, 6.07) is 1.65. The summed E-state index contributed by atoms with van der Waals surface area (Å²) in [6.07, 6.45) is -4.39. The summed E-state index contributed by atoms with van der Waals surface area (Å²) >= 11 is 0. The van der Waals surface area contributed by atoms with E-state index in [2.05, 4.69) is 9.72 Å². The molecule has 0 aliphatic rings. The highest BCUT2D eigenvalue weighted by molar-refractivity contribution is 5.46. The van der Waals surface area contributed by atoms with E-state index in [1.165, 1.54) is 0 Å². The highest BCUT2D eigenvalue weighted by Crippen LogP contribution is 2.33. The number of rotatable bonds is 3. The molecule has 0 aliphatic heterocycles. The summed E-state index contributed by atoms with van der Waals surface area (Å²) in [5.41, 5.74) is 4.76. The Labute approximate surface area is 94.2 Å². The molecule has 0 radical (unpaired) electrons. The van der Waals surface area contributed by atoms with Crippen LogP contribution in [-0.4, -0.2) is 16.5 Å². The Hall–Kier alpha value is -2.01. The number of hydrogen-bond donors (Lipinski definition) is 2. The lowest BCUT2D eigenvalue weighted by atomic mass is 10.1. The Balaban J connectivity index is 3.29. The van der Waals surface area contributed by atoms with Gasteiger partial charge in [-0.2, -0.15) is 5.26 Å². The molecule has 1 rings (SSSR count). The van der Waals surface area contributed by atoms with Gasteiger partial charge in [0, 0.05) is 6.54 Å². The van der Waals surface area contributed by atoms with Crippen LogP contribution in [0.4, 0.5) is 13.2 Å². The van der Waals surface area contributed by atoms with E-state index in [9.17, 15) is 18.3 Å². The van der Waals surface area contributed by atoms with Crippen LogP contribution in [0.2, 0.25) is 0 Å². The van der Waals surface area contributed by atoms with Crippen molar-refractivity contribution in [2.24, 2.45) is 5.73 Å². The number of nitriles is 1. The van der Waals surface area contributed by atoms with E-state index in [-0.39, 0.29) is 24.2 Å². The predicted octanol–water partition coefficient (Wildman–Crippen LogP) is 1.21. The predicted molar refractivity (Wildman–Crippen MR) is 49.8 cm³/mol. The fourth-order valence-corrected chi connectivity index (χ4v) is 1.20. The third-order valence-corrected chi connectivity index (χ3v) is 1.86. The Kier molecular flexibility index (Phi) is 3.75. The second-order valence-corrected chi connectivity index (χ2v) is 2.98. The molecule has 0 aromatic carbocycles. The topological polar surface area (TPSA) is 92.2 Å². The minimum Gasteiger partial charge on any atom is -0.506 e. The average Bonchev–Trinajstić information content (AvgIpc) is 2.21. The molecule has 1 aromatic heterocycles. The van der Waals surface area contributed by atoms with Crippen LogP contribution in [-0.2, 0) is 13.0 Å². The highest BCUT2D eigenvalue weighted by Gasteiger charge is 2.34. The lowest BCUT2D eigenvalue weighted by molar-refractivity contribution is -0.275. The summed E-state index contributed by atoms with van der Waals surface area (Å²) in [6.45, 7) is -0.363. The summed E-state index contributed by atoms with van der Waals surface area (Å²) in [5, 5.41) is 17.8. The van der Waals surface area contributed by atoms with Crippen molar-refractivity contribution < 1.29 is 23.0 Å². The molecule has 0 unspecified atom stereocenters. The zero-order valence-corrected chi connectivity index (χ0v) is 8.45. The van der Waals surface area contributed by atoms with Gasteiger partial charge in [-0.15, -0.1) is 13.2 Å². The monoisotopic (exact) mass is 247 g/mol. The minimum atomic E-state index is -4.94. The van der Waals surface area contributed by atoms with E-state index in [1.54, 1.807) is 6.07 Å². The Morgan fingerprint density at radius 2 is 2.18 bits per heavy atom. The number of hydrogen-bond acceptors (Lipinski definition) is 5. The maximum Gasteiger partial charge on any atom is 0.573 e. The molecule has 0 atom stereocenters. The van der Waals surface area contributed by atoms with Gasteiger partial charge in [-0.3, -0.25) is 4.98 Å². The quantitative estimate of drug-likeness (QED) is 0.837. The third-order valence-electron chi connectivity index (χ3n) is 1.86. The van der Waals surface area contributed by atoms with E-state index < -0.39 is 17.9 Å². The molecule has 0 aliphatic carbocycles. The number of ether oxygens (including phenoxy) is 1. The van der Waals surface area contributed by atoms with Crippen LogP contribution in [0.3, 0.4) is 0 Å². The molecular weight excluding hydrogens is 239 g/mol. The smallest absolute Gasteiger partial charge is 0.506 e. The SMILES string of the molecule is N#CCc1ncc(O)c(CN)c1OC(F)(F)F. The first kappa shape index (κ1) is 13.1. The van der Waals surface area contributed by atoms with Crippen molar-refractivity contribution in [3.8, 4) is 17.6 Å². The molecular formula is C9H8F3N3O2. The zero-order valence-electron chi connectivity index (χ0n) is 8.45. The zero-order chi connectivity index (χ0) is 13.1. The molecule has 3 N–H and O–H groups in total. The van der Waals surface area contributed by atoms with Crippen molar-refractivity contribution >= 4 is 0 Å².